The van der Waals surface area contributed by atoms with Crippen LogP contribution in [0.3, 0.4) is 0 Å². The molecule has 1 fully saturated rings. The first kappa shape index (κ1) is 19.4. The van der Waals surface area contributed by atoms with Crippen molar-refractivity contribution in [1.82, 2.24) is 5.32 Å². The van der Waals surface area contributed by atoms with Crippen molar-refractivity contribution in [3.8, 4) is 0 Å². The molecule has 0 aromatic heterocycles. The number of rotatable bonds is 4. The summed E-state index contributed by atoms with van der Waals surface area (Å²) in [5.41, 5.74) is -0.406. The van der Waals surface area contributed by atoms with Gasteiger partial charge in [0.25, 0.3) is 0 Å². The smallest absolute Gasteiger partial charge is 0.407 e. The van der Waals surface area contributed by atoms with Gasteiger partial charge in [0.15, 0.2) is 0 Å². The van der Waals surface area contributed by atoms with E-state index in [4.69, 9.17) is 4.74 Å². The Labute approximate surface area is 146 Å². The average molecular weight is 376 g/mol. The molecule has 6 nitrogen and oxygen atoms in total. The number of amides is 1. The fourth-order valence-electron chi connectivity index (χ4n) is 2.63. The lowest BCUT2D eigenvalue weighted by molar-refractivity contribution is 0.0509. The molecule has 1 aromatic carbocycles. The predicted octanol–water partition coefficient (Wildman–Crippen LogP) is 2.79. The Hall–Kier alpha value is -1.90. The monoisotopic (exact) mass is 376 g/mol. The van der Waals surface area contributed by atoms with Crippen molar-refractivity contribution >= 4 is 21.6 Å². The standard InChI is InChI=1S/C16H22F2N2O4S/c1-16(2,3)24-15(21)19-11-8-9-20(10-11)12-6-4-5-7-13(12)25(22,23)14(17)18/h4-7,11,14H,8-10H2,1-3H3,(H,19,21)/t11-/m0/s1. The lowest BCUT2D eigenvalue weighted by Gasteiger charge is -2.23. The third-order valence-corrected chi connectivity index (χ3v) is 5.08. The van der Waals surface area contributed by atoms with Crippen LogP contribution in [0.25, 0.3) is 0 Å². The number of alkyl halides is 2. The van der Waals surface area contributed by atoms with Crippen LogP contribution in [-0.2, 0) is 14.6 Å². The van der Waals surface area contributed by atoms with Crippen LogP contribution in [0.1, 0.15) is 27.2 Å². The second kappa shape index (κ2) is 7.15. The molecule has 1 aliphatic rings. The molecule has 0 aliphatic carbocycles. The van der Waals surface area contributed by atoms with E-state index in [9.17, 15) is 22.0 Å². The molecule has 0 spiro atoms. The highest BCUT2D eigenvalue weighted by atomic mass is 32.2. The number of ether oxygens (including phenoxy) is 1. The van der Waals surface area contributed by atoms with Crippen molar-refractivity contribution in [1.29, 1.82) is 0 Å². The van der Waals surface area contributed by atoms with Crippen LogP contribution in [0.2, 0.25) is 0 Å². The molecule has 1 N–H and O–H groups in total. The van der Waals surface area contributed by atoms with Crippen LogP contribution < -0.4 is 10.2 Å². The summed E-state index contributed by atoms with van der Waals surface area (Å²) in [7, 11) is -4.70. The number of sulfone groups is 1. The van der Waals surface area contributed by atoms with Gasteiger partial charge in [0.1, 0.15) is 5.60 Å². The van der Waals surface area contributed by atoms with Crippen LogP contribution in [0.5, 0.6) is 0 Å². The normalized spacial score (nSPS) is 18.5. The zero-order chi connectivity index (χ0) is 18.8. The van der Waals surface area contributed by atoms with Crippen molar-refractivity contribution in [2.45, 2.75) is 49.5 Å². The summed E-state index contributed by atoms with van der Waals surface area (Å²) in [5.74, 6) is -3.48. The molecule has 0 saturated carbocycles. The second-order valence-corrected chi connectivity index (χ2v) is 8.74. The van der Waals surface area contributed by atoms with Crippen molar-refractivity contribution in [2.75, 3.05) is 18.0 Å². The highest BCUT2D eigenvalue weighted by molar-refractivity contribution is 7.91. The molecule has 0 bridgehead atoms. The van der Waals surface area contributed by atoms with Crippen LogP contribution >= 0.6 is 0 Å². The quantitative estimate of drug-likeness (QED) is 0.875. The van der Waals surface area contributed by atoms with Crippen molar-refractivity contribution in [3.63, 3.8) is 0 Å². The van der Waals surface area contributed by atoms with Crippen molar-refractivity contribution in [3.05, 3.63) is 24.3 Å². The Bertz CT molecular complexity index is 732. The minimum atomic E-state index is -4.70. The van der Waals surface area contributed by atoms with Gasteiger partial charge >= 0.3 is 11.9 Å². The summed E-state index contributed by atoms with van der Waals surface area (Å²) in [5, 5.41) is 2.72. The minimum Gasteiger partial charge on any atom is -0.444 e. The minimum absolute atomic E-state index is 0.219. The lowest BCUT2D eigenvalue weighted by atomic mass is 10.2. The molecule has 2 rings (SSSR count). The fourth-order valence-corrected chi connectivity index (χ4v) is 3.57. The molecular formula is C16H22F2N2O4S. The zero-order valence-corrected chi connectivity index (χ0v) is 15.1. The molecule has 140 valence electrons. The molecule has 1 heterocycles. The van der Waals surface area contributed by atoms with Gasteiger partial charge in [-0.2, -0.15) is 8.78 Å². The molecule has 1 saturated heterocycles. The Morgan fingerprint density at radius 1 is 1.32 bits per heavy atom. The molecule has 0 radical (unpaired) electrons. The zero-order valence-electron chi connectivity index (χ0n) is 14.3. The molecule has 1 aromatic rings. The Balaban J connectivity index is 2.12. The third-order valence-electron chi connectivity index (χ3n) is 3.66. The first-order valence-corrected chi connectivity index (χ1v) is 9.41. The van der Waals surface area contributed by atoms with Gasteiger partial charge in [0.2, 0.25) is 9.84 Å². The number of para-hydroxylation sites is 1. The van der Waals surface area contributed by atoms with E-state index in [1.165, 1.54) is 18.2 Å². The molecule has 1 atom stereocenters. The summed E-state index contributed by atoms with van der Waals surface area (Å²) in [6.45, 7) is 6.00. The lowest BCUT2D eigenvalue weighted by Crippen LogP contribution is -2.40. The summed E-state index contributed by atoms with van der Waals surface area (Å²) in [6, 6.07) is 5.41. The number of hydrogen-bond acceptors (Lipinski definition) is 5. The van der Waals surface area contributed by atoms with Gasteiger partial charge in [-0.1, -0.05) is 12.1 Å². The van der Waals surface area contributed by atoms with Gasteiger partial charge in [0, 0.05) is 13.1 Å². The van der Waals surface area contributed by atoms with Gasteiger partial charge in [-0.3, -0.25) is 0 Å². The number of alkyl carbamates (subject to hydrolysis) is 1. The van der Waals surface area contributed by atoms with Gasteiger partial charge in [-0.05, 0) is 39.3 Å². The van der Waals surface area contributed by atoms with Gasteiger partial charge < -0.3 is 15.0 Å². The SMILES string of the molecule is CC(C)(C)OC(=O)N[C@H]1CCN(c2ccccc2S(=O)(=O)C(F)F)C1. The van der Waals surface area contributed by atoms with Gasteiger partial charge in [-0.25, -0.2) is 13.2 Å². The van der Waals surface area contributed by atoms with Crippen LogP contribution in [0.15, 0.2) is 29.2 Å². The molecular weight excluding hydrogens is 354 g/mol. The molecule has 25 heavy (non-hydrogen) atoms. The predicted molar refractivity (Wildman–Crippen MR) is 89.6 cm³/mol. The largest absolute Gasteiger partial charge is 0.444 e. The molecule has 9 heteroatoms. The first-order valence-electron chi connectivity index (χ1n) is 7.86. The maximum Gasteiger partial charge on any atom is 0.407 e. The molecule has 1 aliphatic heterocycles. The Morgan fingerprint density at radius 2 is 1.96 bits per heavy atom. The number of halogens is 2. The summed E-state index contributed by atoms with van der Waals surface area (Å²) < 4.78 is 54.7. The Kier molecular flexibility index (Phi) is 5.55. The first-order chi connectivity index (χ1) is 11.5. The van der Waals surface area contributed by atoms with Crippen LogP contribution in [-0.4, -0.2) is 45.0 Å². The van der Waals surface area contributed by atoms with E-state index in [2.05, 4.69) is 5.32 Å². The van der Waals surface area contributed by atoms with Gasteiger partial charge in [0.05, 0.1) is 16.6 Å². The van der Waals surface area contributed by atoms with E-state index in [1.54, 1.807) is 31.7 Å². The third kappa shape index (κ3) is 4.81. The van der Waals surface area contributed by atoms with E-state index in [0.717, 1.165) is 0 Å². The maximum absolute atomic E-state index is 12.9. The number of anilines is 1. The number of benzene rings is 1. The summed E-state index contributed by atoms with van der Waals surface area (Å²) >= 11 is 0. The van der Waals surface area contributed by atoms with Crippen molar-refractivity contribution < 1.29 is 26.7 Å². The van der Waals surface area contributed by atoms with Gasteiger partial charge in [-0.15, -0.1) is 0 Å². The number of nitrogens with zero attached hydrogens (tertiary/aromatic N) is 1. The summed E-state index contributed by atoms with van der Waals surface area (Å²) in [6.07, 6.45) is -0.00435. The maximum atomic E-state index is 12.9. The van der Waals surface area contributed by atoms with E-state index < -0.39 is 32.2 Å². The number of carbonyl (C=O) groups is 1. The number of hydrogen-bond donors (Lipinski definition) is 1. The topological polar surface area (TPSA) is 75.7 Å². The summed E-state index contributed by atoms with van der Waals surface area (Å²) in [4.78, 5) is 13.1. The van der Waals surface area contributed by atoms with E-state index in [0.29, 0.717) is 19.5 Å². The van der Waals surface area contributed by atoms with E-state index in [1.807, 2.05) is 0 Å². The molecule has 1 amide bonds. The fraction of sp³-hybridized carbons (Fsp3) is 0.562. The Morgan fingerprint density at radius 3 is 2.56 bits per heavy atom. The number of carbonyl (C=O) groups excluding carboxylic acids is 1. The average Bonchev–Trinajstić information content (AvgIpc) is 2.93. The van der Waals surface area contributed by atoms with Crippen LogP contribution in [0.4, 0.5) is 19.3 Å². The van der Waals surface area contributed by atoms with E-state index in [-0.39, 0.29) is 11.7 Å². The van der Waals surface area contributed by atoms with Crippen molar-refractivity contribution in [2.24, 2.45) is 0 Å². The van der Waals surface area contributed by atoms with Crippen LogP contribution in [0, 0.1) is 0 Å². The molecule has 0 unspecified atom stereocenters. The number of nitrogens with one attached hydrogen (secondary N) is 1. The second-order valence-electron chi connectivity index (χ2n) is 6.85. The highest BCUT2D eigenvalue weighted by Crippen LogP contribution is 2.31. The highest BCUT2D eigenvalue weighted by Gasteiger charge is 2.33. The van der Waals surface area contributed by atoms with E-state index >= 15 is 0 Å².